The van der Waals surface area contributed by atoms with Crippen molar-refractivity contribution in [3.05, 3.63) is 12.2 Å². The van der Waals surface area contributed by atoms with Crippen LogP contribution in [-0.2, 0) is 14.3 Å². The summed E-state index contributed by atoms with van der Waals surface area (Å²) in [5.74, 6) is 0.200. The van der Waals surface area contributed by atoms with Crippen molar-refractivity contribution in [3.63, 3.8) is 0 Å². The van der Waals surface area contributed by atoms with Gasteiger partial charge in [0, 0.05) is 18.3 Å². The lowest BCUT2D eigenvalue weighted by Crippen LogP contribution is -2.30. The van der Waals surface area contributed by atoms with Crippen molar-refractivity contribution in [2.75, 3.05) is 7.11 Å². The van der Waals surface area contributed by atoms with Crippen LogP contribution in [0.2, 0.25) is 0 Å². The number of carbonyl (C=O) groups is 2. The third-order valence-electron chi connectivity index (χ3n) is 3.84. The van der Waals surface area contributed by atoms with Crippen LogP contribution in [0, 0.1) is 11.3 Å². The van der Waals surface area contributed by atoms with Crippen molar-refractivity contribution in [2.24, 2.45) is 11.3 Å². The van der Waals surface area contributed by atoms with Crippen LogP contribution in [0.5, 0.6) is 0 Å². The van der Waals surface area contributed by atoms with Crippen molar-refractivity contribution in [3.8, 4) is 0 Å². The van der Waals surface area contributed by atoms with Crippen LogP contribution in [0.1, 0.15) is 46.0 Å². The van der Waals surface area contributed by atoms with Crippen LogP contribution in [0.3, 0.4) is 0 Å². The summed E-state index contributed by atoms with van der Waals surface area (Å²) < 4.78 is 4.70. The average Bonchev–Trinajstić information content (AvgIpc) is 2.58. The number of carbonyl (C=O) groups excluding carboxylic acids is 2. The van der Waals surface area contributed by atoms with Gasteiger partial charge in [-0.1, -0.05) is 26.0 Å². The van der Waals surface area contributed by atoms with Crippen molar-refractivity contribution in [1.82, 2.24) is 0 Å². The Labute approximate surface area is 103 Å². The van der Waals surface area contributed by atoms with Crippen LogP contribution in [0.4, 0.5) is 0 Å². The molecule has 0 saturated heterocycles. The summed E-state index contributed by atoms with van der Waals surface area (Å²) in [5, 5.41) is 0. The normalized spacial score (nSPS) is 28.9. The lowest BCUT2D eigenvalue weighted by molar-refractivity contribution is -0.142. The zero-order valence-corrected chi connectivity index (χ0v) is 11.0. The van der Waals surface area contributed by atoms with Crippen LogP contribution < -0.4 is 0 Å². The van der Waals surface area contributed by atoms with E-state index in [1.807, 2.05) is 6.92 Å². The highest BCUT2D eigenvalue weighted by Crippen LogP contribution is 2.45. The fourth-order valence-corrected chi connectivity index (χ4v) is 2.52. The molecule has 0 radical (unpaired) electrons. The van der Waals surface area contributed by atoms with Crippen molar-refractivity contribution in [1.29, 1.82) is 0 Å². The van der Waals surface area contributed by atoms with E-state index in [2.05, 4.69) is 19.1 Å². The predicted molar refractivity (Wildman–Crippen MR) is 66.5 cm³/mol. The summed E-state index contributed by atoms with van der Waals surface area (Å²) in [5.41, 5.74) is -0.375. The van der Waals surface area contributed by atoms with E-state index >= 15 is 0 Å². The highest BCUT2D eigenvalue weighted by Gasteiger charge is 2.45. The van der Waals surface area contributed by atoms with Gasteiger partial charge in [0.15, 0.2) is 0 Å². The topological polar surface area (TPSA) is 43.4 Å². The van der Waals surface area contributed by atoms with Gasteiger partial charge in [0.25, 0.3) is 0 Å². The second-order valence-corrected chi connectivity index (χ2v) is 4.94. The molecule has 0 bridgehead atoms. The van der Waals surface area contributed by atoms with E-state index in [9.17, 15) is 9.59 Å². The number of rotatable bonds is 5. The van der Waals surface area contributed by atoms with Crippen LogP contribution in [0.15, 0.2) is 12.2 Å². The zero-order valence-electron chi connectivity index (χ0n) is 11.0. The molecule has 0 unspecified atom stereocenters. The highest BCUT2D eigenvalue weighted by atomic mass is 16.5. The summed E-state index contributed by atoms with van der Waals surface area (Å²) >= 11 is 0. The Balaban J connectivity index is 2.72. The third-order valence-corrected chi connectivity index (χ3v) is 3.84. The van der Waals surface area contributed by atoms with Gasteiger partial charge in [-0.3, -0.25) is 9.59 Å². The fourth-order valence-electron chi connectivity index (χ4n) is 2.52. The summed E-state index contributed by atoms with van der Waals surface area (Å²) in [6.07, 6.45) is 7.62. The zero-order chi connectivity index (χ0) is 12.9. The minimum atomic E-state index is -0.375. The molecule has 0 spiro atoms. The SMILES string of the molecule is CC/C=C\C[C@]1(C)C(=O)CC[C@H]1CC(=O)OC. The van der Waals surface area contributed by atoms with Crippen molar-refractivity contribution >= 4 is 11.8 Å². The molecule has 0 aliphatic heterocycles. The number of hydrogen-bond donors (Lipinski definition) is 0. The highest BCUT2D eigenvalue weighted by molar-refractivity contribution is 5.88. The van der Waals surface area contributed by atoms with Gasteiger partial charge in [0.2, 0.25) is 0 Å². The van der Waals surface area contributed by atoms with Crippen molar-refractivity contribution < 1.29 is 14.3 Å². The molecule has 0 amide bonds. The smallest absolute Gasteiger partial charge is 0.305 e. The summed E-state index contributed by atoms with van der Waals surface area (Å²) in [4.78, 5) is 23.3. The molecular formula is C14H22O3. The molecule has 3 heteroatoms. The molecule has 96 valence electrons. The maximum atomic E-state index is 12.0. The first-order chi connectivity index (χ1) is 8.04. The first-order valence-corrected chi connectivity index (χ1v) is 6.29. The van der Waals surface area contributed by atoms with Gasteiger partial charge in [-0.05, 0) is 25.2 Å². The van der Waals surface area contributed by atoms with Gasteiger partial charge in [0.1, 0.15) is 5.78 Å². The van der Waals surface area contributed by atoms with E-state index in [0.717, 1.165) is 19.3 Å². The van der Waals surface area contributed by atoms with E-state index in [1.54, 1.807) is 0 Å². The maximum absolute atomic E-state index is 12.0. The number of esters is 1. The molecule has 1 fully saturated rings. The Morgan fingerprint density at radius 1 is 1.53 bits per heavy atom. The number of Topliss-reactive ketones (excluding diaryl/α,β-unsaturated/α-hetero) is 1. The first kappa shape index (κ1) is 13.9. The van der Waals surface area contributed by atoms with Gasteiger partial charge in [-0.25, -0.2) is 0 Å². The Bertz CT molecular complexity index is 319. The first-order valence-electron chi connectivity index (χ1n) is 6.29. The molecule has 0 N–H and O–H groups in total. The molecule has 3 nitrogen and oxygen atoms in total. The molecule has 2 atom stereocenters. The van der Waals surface area contributed by atoms with E-state index < -0.39 is 0 Å². The van der Waals surface area contributed by atoms with Gasteiger partial charge in [-0.2, -0.15) is 0 Å². The van der Waals surface area contributed by atoms with Gasteiger partial charge in [0.05, 0.1) is 7.11 Å². The summed E-state index contributed by atoms with van der Waals surface area (Å²) in [6, 6.07) is 0. The Hall–Kier alpha value is -1.12. The molecule has 17 heavy (non-hydrogen) atoms. The van der Waals surface area contributed by atoms with E-state index in [0.29, 0.717) is 12.8 Å². The number of ether oxygens (including phenoxy) is 1. The fraction of sp³-hybridized carbons (Fsp3) is 0.714. The van der Waals surface area contributed by atoms with Crippen molar-refractivity contribution in [2.45, 2.75) is 46.0 Å². The van der Waals surface area contributed by atoms with Crippen LogP contribution >= 0.6 is 0 Å². The van der Waals surface area contributed by atoms with Gasteiger partial charge in [-0.15, -0.1) is 0 Å². The molecule has 1 saturated carbocycles. The maximum Gasteiger partial charge on any atom is 0.305 e. The molecule has 1 rings (SSSR count). The van der Waals surface area contributed by atoms with Crippen LogP contribution in [-0.4, -0.2) is 18.9 Å². The number of allylic oxidation sites excluding steroid dienone is 2. The molecule has 1 aliphatic rings. The molecule has 1 aliphatic carbocycles. The monoisotopic (exact) mass is 238 g/mol. The lowest BCUT2D eigenvalue weighted by Gasteiger charge is -2.28. The molecule has 0 aromatic heterocycles. The summed E-state index contributed by atoms with van der Waals surface area (Å²) in [6.45, 7) is 4.05. The van der Waals surface area contributed by atoms with Crippen LogP contribution in [0.25, 0.3) is 0 Å². The largest absolute Gasteiger partial charge is 0.469 e. The number of methoxy groups -OCH3 is 1. The third kappa shape index (κ3) is 3.18. The predicted octanol–water partition coefficient (Wildman–Crippen LogP) is 2.89. The Kier molecular flexibility index (Phi) is 4.91. The van der Waals surface area contributed by atoms with E-state index in [1.165, 1.54) is 7.11 Å². The lowest BCUT2D eigenvalue weighted by atomic mass is 9.74. The number of hydrogen-bond acceptors (Lipinski definition) is 3. The van der Waals surface area contributed by atoms with E-state index in [4.69, 9.17) is 4.74 Å². The molecular weight excluding hydrogens is 216 g/mol. The second-order valence-electron chi connectivity index (χ2n) is 4.94. The molecule has 0 aromatic carbocycles. The average molecular weight is 238 g/mol. The van der Waals surface area contributed by atoms with Gasteiger partial charge >= 0.3 is 5.97 Å². The molecule has 0 aromatic rings. The van der Waals surface area contributed by atoms with E-state index in [-0.39, 0.29) is 23.1 Å². The number of ketones is 1. The minimum Gasteiger partial charge on any atom is -0.469 e. The quantitative estimate of drug-likeness (QED) is 0.546. The molecule has 0 heterocycles. The Morgan fingerprint density at radius 2 is 2.24 bits per heavy atom. The standard InChI is InChI=1S/C14H22O3/c1-4-5-6-9-14(2)11(7-8-12(14)15)10-13(16)17-3/h5-6,11H,4,7-10H2,1-3H3/b6-5-/t11-,14-/m0/s1. The second kappa shape index (κ2) is 5.99. The van der Waals surface area contributed by atoms with Gasteiger partial charge < -0.3 is 4.74 Å². The minimum absolute atomic E-state index is 0.129. The summed E-state index contributed by atoms with van der Waals surface area (Å²) in [7, 11) is 1.40. The Morgan fingerprint density at radius 3 is 2.82 bits per heavy atom.